The quantitative estimate of drug-likeness (QED) is 0.829. The smallest absolute Gasteiger partial charge is 0.224 e. The molecule has 0 bridgehead atoms. The third-order valence-corrected chi connectivity index (χ3v) is 4.14. The fourth-order valence-electron chi connectivity index (χ4n) is 3.08. The highest BCUT2D eigenvalue weighted by Gasteiger charge is 2.27. The van der Waals surface area contributed by atoms with Gasteiger partial charge in [0.05, 0.1) is 6.42 Å². The van der Waals surface area contributed by atoms with Crippen molar-refractivity contribution in [1.82, 2.24) is 5.32 Å². The molecule has 19 heavy (non-hydrogen) atoms. The van der Waals surface area contributed by atoms with Crippen LogP contribution in [0, 0.1) is 5.92 Å². The molecule has 1 amide bonds. The number of rotatable bonds is 6. The molecule has 2 rings (SSSR count). The third kappa shape index (κ3) is 4.38. The molecule has 104 valence electrons. The number of benzene rings is 1. The van der Waals surface area contributed by atoms with Crippen molar-refractivity contribution in [2.45, 2.75) is 57.9 Å². The van der Waals surface area contributed by atoms with Gasteiger partial charge in [-0.2, -0.15) is 0 Å². The maximum Gasteiger partial charge on any atom is 0.224 e. The van der Waals surface area contributed by atoms with Gasteiger partial charge in [0.1, 0.15) is 0 Å². The molecule has 0 radical (unpaired) electrons. The molecule has 2 nitrogen and oxygen atoms in total. The van der Waals surface area contributed by atoms with Crippen molar-refractivity contribution in [1.29, 1.82) is 0 Å². The molecule has 0 spiro atoms. The topological polar surface area (TPSA) is 29.1 Å². The van der Waals surface area contributed by atoms with Gasteiger partial charge >= 0.3 is 0 Å². The summed E-state index contributed by atoms with van der Waals surface area (Å²) in [5.41, 5.74) is 1.10. The lowest BCUT2D eigenvalue weighted by Gasteiger charge is -2.21. The van der Waals surface area contributed by atoms with E-state index < -0.39 is 0 Å². The van der Waals surface area contributed by atoms with E-state index in [1.165, 1.54) is 32.1 Å². The second kappa shape index (κ2) is 7.32. The van der Waals surface area contributed by atoms with E-state index in [1.54, 1.807) is 0 Å². The third-order valence-electron chi connectivity index (χ3n) is 4.14. The van der Waals surface area contributed by atoms with Crippen LogP contribution in [0.5, 0.6) is 0 Å². The summed E-state index contributed by atoms with van der Waals surface area (Å²) in [5.74, 6) is 0.888. The predicted molar refractivity (Wildman–Crippen MR) is 78.9 cm³/mol. The first-order valence-electron chi connectivity index (χ1n) is 7.63. The van der Waals surface area contributed by atoms with Crippen LogP contribution in [0.4, 0.5) is 0 Å². The van der Waals surface area contributed by atoms with Crippen molar-refractivity contribution in [3.05, 3.63) is 35.9 Å². The summed E-state index contributed by atoms with van der Waals surface area (Å²) in [5, 5.41) is 3.25. The van der Waals surface area contributed by atoms with Crippen LogP contribution in [0.2, 0.25) is 0 Å². The number of carbonyl (C=O) groups is 1. The summed E-state index contributed by atoms with van der Waals surface area (Å²) in [6, 6.07) is 10.4. The molecule has 2 atom stereocenters. The monoisotopic (exact) mass is 259 g/mol. The molecule has 1 aliphatic rings. The minimum Gasteiger partial charge on any atom is -0.353 e. The molecule has 1 fully saturated rings. The highest BCUT2D eigenvalue weighted by Crippen LogP contribution is 2.29. The van der Waals surface area contributed by atoms with E-state index >= 15 is 0 Å². The molecule has 1 N–H and O–H groups in total. The van der Waals surface area contributed by atoms with E-state index in [4.69, 9.17) is 0 Å². The lowest BCUT2D eigenvalue weighted by Crippen LogP contribution is -2.38. The Labute approximate surface area is 116 Å². The number of hydrogen-bond acceptors (Lipinski definition) is 1. The maximum absolute atomic E-state index is 12.1. The van der Waals surface area contributed by atoms with Crippen LogP contribution >= 0.6 is 0 Å². The van der Waals surface area contributed by atoms with Gasteiger partial charge < -0.3 is 5.32 Å². The van der Waals surface area contributed by atoms with Gasteiger partial charge in [0.15, 0.2) is 0 Å². The average molecular weight is 259 g/mol. The normalized spacial score (nSPS) is 22.4. The Hall–Kier alpha value is -1.31. The highest BCUT2D eigenvalue weighted by atomic mass is 16.1. The van der Waals surface area contributed by atoms with Gasteiger partial charge in [0.25, 0.3) is 0 Å². The largest absolute Gasteiger partial charge is 0.353 e. The number of amides is 1. The Balaban J connectivity index is 1.81. The van der Waals surface area contributed by atoms with E-state index in [9.17, 15) is 4.79 Å². The SMILES string of the molecule is CCCCC1CCCC1NC(=O)Cc1ccccc1. The van der Waals surface area contributed by atoms with E-state index in [-0.39, 0.29) is 5.91 Å². The lowest BCUT2D eigenvalue weighted by atomic mass is 9.96. The molecule has 1 aliphatic carbocycles. The molecule has 2 heteroatoms. The van der Waals surface area contributed by atoms with E-state index in [0.29, 0.717) is 18.4 Å². The highest BCUT2D eigenvalue weighted by molar-refractivity contribution is 5.78. The maximum atomic E-state index is 12.1. The van der Waals surface area contributed by atoms with Crippen LogP contribution in [0.25, 0.3) is 0 Å². The van der Waals surface area contributed by atoms with E-state index in [2.05, 4.69) is 12.2 Å². The molecule has 0 saturated heterocycles. The van der Waals surface area contributed by atoms with Gasteiger partial charge in [-0.1, -0.05) is 56.5 Å². The Morgan fingerprint density at radius 3 is 2.79 bits per heavy atom. The van der Waals surface area contributed by atoms with Gasteiger partial charge in [0.2, 0.25) is 5.91 Å². The summed E-state index contributed by atoms with van der Waals surface area (Å²) in [6.07, 6.45) is 8.04. The zero-order valence-electron chi connectivity index (χ0n) is 11.9. The lowest BCUT2D eigenvalue weighted by molar-refractivity contribution is -0.121. The van der Waals surface area contributed by atoms with Crippen LogP contribution in [-0.2, 0) is 11.2 Å². The minimum atomic E-state index is 0.180. The first-order valence-corrected chi connectivity index (χ1v) is 7.63. The summed E-state index contributed by atoms with van der Waals surface area (Å²) in [4.78, 5) is 12.1. The molecule has 0 aromatic heterocycles. The van der Waals surface area contributed by atoms with Gasteiger partial charge in [0, 0.05) is 6.04 Å². The van der Waals surface area contributed by atoms with E-state index in [1.807, 2.05) is 30.3 Å². The van der Waals surface area contributed by atoms with Crippen molar-refractivity contribution in [3.63, 3.8) is 0 Å². The molecule has 0 heterocycles. The molecule has 0 aliphatic heterocycles. The van der Waals surface area contributed by atoms with Crippen molar-refractivity contribution in [2.24, 2.45) is 5.92 Å². The second-order valence-corrected chi connectivity index (χ2v) is 5.67. The summed E-state index contributed by atoms with van der Waals surface area (Å²) >= 11 is 0. The van der Waals surface area contributed by atoms with Gasteiger partial charge in [-0.3, -0.25) is 4.79 Å². The molecular formula is C17H25NO. The first kappa shape index (κ1) is 14.1. The van der Waals surface area contributed by atoms with Gasteiger partial charge in [-0.25, -0.2) is 0 Å². The zero-order valence-corrected chi connectivity index (χ0v) is 11.9. The van der Waals surface area contributed by atoms with Crippen LogP contribution in [0.1, 0.15) is 51.0 Å². The molecule has 1 aromatic carbocycles. The van der Waals surface area contributed by atoms with Gasteiger partial charge in [-0.05, 0) is 30.7 Å². The summed E-state index contributed by atoms with van der Waals surface area (Å²) in [7, 11) is 0. The Morgan fingerprint density at radius 2 is 2.05 bits per heavy atom. The molecule has 1 aromatic rings. The number of carbonyl (C=O) groups excluding carboxylic acids is 1. The minimum absolute atomic E-state index is 0.180. The Kier molecular flexibility index (Phi) is 5.44. The summed E-state index contributed by atoms with van der Waals surface area (Å²) in [6.45, 7) is 2.23. The fraction of sp³-hybridized carbons (Fsp3) is 0.588. The molecule has 1 saturated carbocycles. The Bertz CT molecular complexity index is 388. The average Bonchev–Trinajstić information content (AvgIpc) is 2.84. The molecule has 2 unspecified atom stereocenters. The van der Waals surface area contributed by atoms with Crippen LogP contribution in [0.15, 0.2) is 30.3 Å². The standard InChI is InChI=1S/C17H25NO/c1-2-3-10-15-11-7-12-16(15)18-17(19)13-14-8-5-4-6-9-14/h4-6,8-9,15-16H,2-3,7,10-13H2,1H3,(H,18,19). The second-order valence-electron chi connectivity index (χ2n) is 5.67. The van der Waals surface area contributed by atoms with Crippen LogP contribution < -0.4 is 5.32 Å². The zero-order chi connectivity index (χ0) is 13.5. The van der Waals surface area contributed by atoms with Crippen molar-refractivity contribution in [3.8, 4) is 0 Å². The van der Waals surface area contributed by atoms with E-state index in [0.717, 1.165) is 12.0 Å². The Morgan fingerprint density at radius 1 is 1.26 bits per heavy atom. The number of hydrogen-bond donors (Lipinski definition) is 1. The molecular weight excluding hydrogens is 234 g/mol. The number of nitrogens with one attached hydrogen (secondary N) is 1. The van der Waals surface area contributed by atoms with Gasteiger partial charge in [-0.15, -0.1) is 0 Å². The fourth-order valence-corrected chi connectivity index (χ4v) is 3.08. The first-order chi connectivity index (χ1) is 9.29. The van der Waals surface area contributed by atoms with Crippen molar-refractivity contribution >= 4 is 5.91 Å². The summed E-state index contributed by atoms with van der Waals surface area (Å²) < 4.78 is 0. The van der Waals surface area contributed by atoms with Crippen molar-refractivity contribution in [2.75, 3.05) is 0 Å². The number of unbranched alkanes of at least 4 members (excludes halogenated alkanes) is 1. The van der Waals surface area contributed by atoms with Crippen molar-refractivity contribution < 1.29 is 4.79 Å². The predicted octanol–water partition coefficient (Wildman–Crippen LogP) is 3.70. The van der Waals surface area contributed by atoms with Crippen LogP contribution in [-0.4, -0.2) is 11.9 Å². The van der Waals surface area contributed by atoms with Crippen LogP contribution in [0.3, 0.4) is 0 Å².